The largest absolute Gasteiger partial charge is 0.480 e. The van der Waals surface area contributed by atoms with Crippen LogP contribution in [0.4, 0.5) is 0 Å². The Hall–Kier alpha value is -2.24. The minimum atomic E-state index is -1.55. The first-order chi connectivity index (χ1) is 12.8. The third-order valence-electron chi connectivity index (χ3n) is 4.42. The lowest BCUT2D eigenvalue weighted by Gasteiger charge is -2.26. The summed E-state index contributed by atoms with van der Waals surface area (Å²) in [6.07, 6.45) is -1.98. The summed E-state index contributed by atoms with van der Waals surface area (Å²) in [5.74, 6) is -3.89. The van der Waals surface area contributed by atoms with E-state index in [9.17, 15) is 29.4 Å². The maximum absolute atomic E-state index is 12.4. The predicted molar refractivity (Wildman–Crippen MR) is 99.9 cm³/mol. The number of carbonyl (C=O) groups excluding carboxylic acids is 3. The number of hydrogen-bond acceptors (Lipinski definition) is 7. The van der Waals surface area contributed by atoms with Crippen LogP contribution in [0.2, 0.25) is 0 Å². The molecule has 0 bridgehead atoms. The maximum Gasteiger partial charge on any atom is 0.328 e. The van der Waals surface area contributed by atoms with Crippen molar-refractivity contribution in [3.63, 3.8) is 0 Å². The first-order valence-electron chi connectivity index (χ1n) is 9.09. The summed E-state index contributed by atoms with van der Waals surface area (Å²) < 4.78 is 0. The number of amides is 3. The van der Waals surface area contributed by atoms with Gasteiger partial charge in [0.25, 0.3) is 0 Å². The summed E-state index contributed by atoms with van der Waals surface area (Å²) in [6.45, 7) is 7.41. The molecule has 11 nitrogen and oxygen atoms in total. The lowest BCUT2D eigenvalue weighted by atomic mass is 9.98. The zero-order valence-electron chi connectivity index (χ0n) is 16.8. The standard InChI is InChI=1S/C17H32N4O7/c1-6-7(2)11(18)15(25)20-12(9(4)22)16(26)19-8(3)14(24)21-13(10(5)23)17(27)28/h7-13,22-23H,6,18H2,1-5H3,(H,19,26)(H,20,25)(H,21,24)(H,27,28). The molecule has 0 aliphatic carbocycles. The summed E-state index contributed by atoms with van der Waals surface area (Å²) in [4.78, 5) is 47.7. The monoisotopic (exact) mass is 404 g/mol. The summed E-state index contributed by atoms with van der Waals surface area (Å²) in [7, 11) is 0. The van der Waals surface area contributed by atoms with E-state index >= 15 is 0 Å². The molecule has 0 fully saturated rings. The smallest absolute Gasteiger partial charge is 0.328 e. The molecular formula is C17H32N4O7. The van der Waals surface area contributed by atoms with Crippen molar-refractivity contribution in [3.05, 3.63) is 0 Å². The second-order valence-electron chi connectivity index (χ2n) is 6.93. The lowest BCUT2D eigenvalue weighted by molar-refractivity contribution is -0.145. The van der Waals surface area contributed by atoms with Crippen LogP contribution in [0.5, 0.6) is 0 Å². The van der Waals surface area contributed by atoms with Crippen molar-refractivity contribution < 1.29 is 34.5 Å². The molecular weight excluding hydrogens is 372 g/mol. The fraction of sp³-hybridized carbons (Fsp3) is 0.765. The van der Waals surface area contributed by atoms with Crippen LogP contribution in [0.15, 0.2) is 0 Å². The fourth-order valence-corrected chi connectivity index (χ4v) is 2.20. The van der Waals surface area contributed by atoms with Crippen molar-refractivity contribution in [1.29, 1.82) is 0 Å². The molecule has 0 rings (SSSR count). The van der Waals surface area contributed by atoms with Crippen LogP contribution >= 0.6 is 0 Å². The SMILES string of the molecule is CCC(C)C(N)C(=O)NC(C(=O)NC(C)C(=O)NC(C(=O)O)C(C)O)C(C)O. The van der Waals surface area contributed by atoms with E-state index in [2.05, 4.69) is 16.0 Å². The molecule has 0 heterocycles. The number of carboxylic acid groups (broad SMARTS) is 1. The molecule has 7 atom stereocenters. The third-order valence-corrected chi connectivity index (χ3v) is 4.42. The van der Waals surface area contributed by atoms with Crippen molar-refractivity contribution >= 4 is 23.7 Å². The minimum absolute atomic E-state index is 0.143. The van der Waals surface area contributed by atoms with E-state index < -0.39 is 60.1 Å². The average molecular weight is 404 g/mol. The Morgan fingerprint density at radius 3 is 1.68 bits per heavy atom. The van der Waals surface area contributed by atoms with E-state index in [1.807, 2.05) is 6.92 Å². The van der Waals surface area contributed by atoms with Crippen molar-refractivity contribution in [2.24, 2.45) is 11.7 Å². The molecule has 11 heteroatoms. The van der Waals surface area contributed by atoms with Crippen molar-refractivity contribution in [2.45, 2.75) is 77.4 Å². The number of carbonyl (C=O) groups is 4. The topological polar surface area (TPSA) is 191 Å². The van der Waals surface area contributed by atoms with Crippen molar-refractivity contribution in [2.75, 3.05) is 0 Å². The number of hydrogen-bond donors (Lipinski definition) is 7. The second kappa shape index (κ2) is 11.6. The molecule has 162 valence electrons. The molecule has 0 aromatic carbocycles. The minimum Gasteiger partial charge on any atom is -0.480 e. The summed E-state index contributed by atoms with van der Waals surface area (Å²) in [5, 5.41) is 34.9. The van der Waals surface area contributed by atoms with Gasteiger partial charge in [0.05, 0.1) is 18.2 Å². The Balaban J connectivity index is 5.03. The summed E-state index contributed by atoms with van der Waals surface area (Å²) in [5.41, 5.74) is 5.81. The normalized spacial score (nSPS) is 18.6. The van der Waals surface area contributed by atoms with Crippen LogP contribution in [-0.2, 0) is 19.2 Å². The van der Waals surface area contributed by atoms with Gasteiger partial charge in [0.1, 0.15) is 12.1 Å². The Labute approximate surface area is 164 Å². The van der Waals surface area contributed by atoms with Gasteiger partial charge in [-0.1, -0.05) is 20.3 Å². The Morgan fingerprint density at radius 1 is 0.821 bits per heavy atom. The van der Waals surface area contributed by atoms with Crippen LogP contribution in [0.1, 0.15) is 41.0 Å². The number of nitrogens with one attached hydrogen (secondary N) is 3. The van der Waals surface area contributed by atoms with E-state index in [1.54, 1.807) is 6.92 Å². The highest BCUT2D eigenvalue weighted by Crippen LogP contribution is 2.06. The molecule has 3 amide bonds. The van der Waals surface area contributed by atoms with Gasteiger partial charge in [0.2, 0.25) is 17.7 Å². The zero-order chi connectivity index (χ0) is 22.2. The number of aliphatic carboxylic acids is 1. The first-order valence-corrected chi connectivity index (χ1v) is 9.09. The van der Waals surface area contributed by atoms with Crippen LogP contribution in [0, 0.1) is 5.92 Å². The van der Waals surface area contributed by atoms with Crippen LogP contribution in [0.3, 0.4) is 0 Å². The van der Waals surface area contributed by atoms with E-state index in [0.29, 0.717) is 6.42 Å². The number of aliphatic hydroxyl groups is 2. The Kier molecular flexibility index (Phi) is 10.6. The van der Waals surface area contributed by atoms with Gasteiger partial charge in [-0.25, -0.2) is 4.79 Å². The number of rotatable bonds is 11. The van der Waals surface area contributed by atoms with Gasteiger partial charge in [-0.2, -0.15) is 0 Å². The molecule has 0 spiro atoms. The highest BCUT2D eigenvalue weighted by molar-refractivity contribution is 5.94. The van der Waals surface area contributed by atoms with E-state index in [4.69, 9.17) is 10.8 Å². The van der Waals surface area contributed by atoms with E-state index in [0.717, 1.165) is 0 Å². The molecule has 28 heavy (non-hydrogen) atoms. The van der Waals surface area contributed by atoms with Gasteiger partial charge in [-0.3, -0.25) is 14.4 Å². The van der Waals surface area contributed by atoms with Crippen molar-refractivity contribution in [1.82, 2.24) is 16.0 Å². The number of nitrogens with two attached hydrogens (primary N) is 1. The molecule has 8 N–H and O–H groups in total. The Bertz CT molecular complexity index is 568. The Morgan fingerprint density at radius 2 is 1.29 bits per heavy atom. The molecule has 0 radical (unpaired) electrons. The average Bonchev–Trinajstić information content (AvgIpc) is 2.60. The van der Waals surface area contributed by atoms with Gasteiger partial charge in [0, 0.05) is 0 Å². The van der Waals surface area contributed by atoms with Crippen LogP contribution in [-0.4, -0.2) is 75.4 Å². The molecule has 7 unspecified atom stereocenters. The second-order valence-corrected chi connectivity index (χ2v) is 6.93. The summed E-state index contributed by atoms with van der Waals surface area (Å²) >= 11 is 0. The fourth-order valence-electron chi connectivity index (χ4n) is 2.20. The maximum atomic E-state index is 12.4. The summed E-state index contributed by atoms with van der Waals surface area (Å²) in [6, 6.07) is -4.96. The van der Waals surface area contributed by atoms with Gasteiger partial charge in [-0.05, 0) is 26.7 Å². The number of aliphatic hydroxyl groups excluding tert-OH is 2. The molecule has 0 aliphatic rings. The van der Waals surface area contributed by atoms with Crippen molar-refractivity contribution in [3.8, 4) is 0 Å². The highest BCUT2D eigenvalue weighted by Gasteiger charge is 2.32. The van der Waals surface area contributed by atoms with E-state index in [1.165, 1.54) is 20.8 Å². The molecule has 0 aliphatic heterocycles. The van der Waals surface area contributed by atoms with Crippen LogP contribution < -0.4 is 21.7 Å². The molecule has 0 aromatic rings. The van der Waals surface area contributed by atoms with Gasteiger partial charge >= 0.3 is 5.97 Å². The highest BCUT2D eigenvalue weighted by atomic mass is 16.4. The molecule has 0 aromatic heterocycles. The number of carboxylic acids is 1. The van der Waals surface area contributed by atoms with Gasteiger partial charge < -0.3 is 37.0 Å². The van der Waals surface area contributed by atoms with E-state index in [-0.39, 0.29) is 5.92 Å². The molecule has 0 saturated carbocycles. The molecule has 0 saturated heterocycles. The quantitative estimate of drug-likeness (QED) is 0.199. The lowest BCUT2D eigenvalue weighted by Crippen LogP contribution is -2.60. The van der Waals surface area contributed by atoms with Gasteiger partial charge in [-0.15, -0.1) is 0 Å². The third kappa shape index (κ3) is 7.79. The predicted octanol–water partition coefficient (Wildman–Crippen LogP) is -2.32. The van der Waals surface area contributed by atoms with Crippen LogP contribution in [0.25, 0.3) is 0 Å². The zero-order valence-corrected chi connectivity index (χ0v) is 16.8. The van der Waals surface area contributed by atoms with Gasteiger partial charge in [0.15, 0.2) is 6.04 Å². The first kappa shape index (κ1) is 25.8.